The number of amides is 2. The van der Waals surface area contributed by atoms with Crippen molar-refractivity contribution in [3.8, 4) is 0 Å². The lowest BCUT2D eigenvalue weighted by molar-refractivity contribution is -0.119. The third-order valence-electron chi connectivity index (χ3n) is 5.96. The molecule has 1 saturated heterocycles. The van der Waals surface area contributed by atoms with Gasteiger partial charge < -0.3 is 10.2 Å². The normalized spacial score (nSPS) is 16.2. The van der Waals surface area contributed by atoms with Crippen LogP contribution in [0.2, 0.25) is 0 Å². The summed E-state index contributed by atoms with van der Waals surface area (Å²) in [6, 6.07) is 20.2. The van der Waals surface area contributed by atoms with E-state index in [4.69, 9.17) is 0 Å². The molecular weight excluding hydrogens is 402 g/mol. The number of piperidine rings is 1. The maximum Gasteiger partial charge on any atom is 0.276 e. The van der Waals surface area contributed by atoms with Crippen LogP contribution in [-0.4, -0.2) is 50.8 Å². The number of aromatic nitrogens is 3. The average molecular weight is 432 g/mol. The van der Waals surface area contributed by atoms with Gasteiger partial charge in [0.2, 0.25) is 5.91 Å². The van der Waals surface area contributed by atoms with E-state index in [9.17, 15) is 9.59 Å². The lowest BCUT2D eigenvalue weighted by Gasteiger charge is -2.35. The summed E-state index contributed by atoms with van der Waals surface area (Å²) in [6.45, 7) is 2.79. The Kier molecular flexibility index (Phi) is 6.94. The molecular formula is C25H29N5O2. The van der Waals surface area contributed by atoms with E-state index in [0.29, 0.717) is 18.8 Å². The zero-order valence-corrected chi connectivity index (χ0v) is 18.4. The van der Waals surface area contributed by atoms with E-state index in [1.165, 1.54) is 6.92 Å². The highest BCUT2D eigenvalue weighted by molar-refractivity contribution is 5.92. The van der Waals surface area contributed by atoms with Crippen molar-refractivity contribution in [1.82, 2.24) is 25.2 Å². The van der Waals surface area contributed by atoms with Gasteiger partial charge in [0.05, 0.1) is 6.20 Å². The lowest BCUT2D eigenvalue weighted by Crippen LogP contribution is -2.45. The highest BCUT2D eigenvalue weighted by Crippen LogP contribution is 2.27. The molecule has 1 aromatic heterocycles. The van der Waals surface area contributed by atoms with Crippen molar-refractivity contribution in [2.45, 2.75) is 44.7 Å². The molecule has 1 fully saturated rings. The summed E-state index contributed by atoms with van der Waals surface area (Å²) in [5.41, 5.74) is 2.51. The smallest absolute Gasteiger partial charge is 0.276 e. The number of carbonyl (C=O) groups is 2. The summed E-state index contributed by atoms with van der Waals surface area (Å²) in [5.74, 6) is -0.141. The molecule has 2 amide bonds. The number of nitrogens with zero attached hydrogens (tertiary/aromatic N) is 4. The fourth-order valence-electron chi connectivity index (χ4n) is 4.40. The van der Waals surface area contributed by atoms with E-state index in [1.54, 1.807) is 10.9 Å². The molecule has 3 aromatic rings. The minimum absolute atomic E-state index is 0.0468. The molecule has 7 heteroatoms. The van der Waals surface area contributed by atoms with Crippen LogP contribution >= 0.6 is 0 Å². The van der Waals surface area contributed by atoms with Crippen molar-refractivity contribution in [3.63, 3.8) is 0 Å². The summed E-state index contributed by atoms with van der Waals surface area (Å²) in [4.78, 5) is 26.5. The highest BCUT2D eigenvalue weighted by atomic mass is 16.2. The lowest BCUT2D eigenvalue weighted by atomic mass is 9.98. The monoisotopic (exact) mass is 431 g/mol. The number of rotatable bonds is 7. The van der Waals surface area contributed by atoms with Crippen LogP contribution in [0.3, 0.4) is 0 Å². The number of carbonyl (C=O) groups excluding carboxylic acids is 2. The molecule has 7 nitrogen and oxygen atoms in total. The van der Waals surface area contributed by atoms with Crippen LogP contribution < -0.4 is 5.32 Å². The first-order valence-electron chi connectivity index (χ1n) is 11.2. The van der Waals surface area contributed by atoms with Crippen molar-refractivity contribution < 1.29 is 9.59 Å². The van der Waals surface area contributed by atoms with Gasteiger partial charge in [0.15, 0.2) is 5.69 Å². The highest BCUT2D eigenvalue weighted by Gasteiger charge is 2.29. The number of likely N-dealkylation sites (tertiary alicyclic amines) is 1. The van der Waals surface area contributed by atoms with Crippen molar-refractivity contribution in [3.05, 3.63) is 83.7 Å². The fourth-order valence-corrected chi connectivity index (χ4v) is 4.40. The first kappa shape index (κ1) is 21.7. The summed E-state index contributed by atoms with van der Waals surface area (Å²) in [5, 5.41) is 11.5. The van der Waals surface area contributed by atoms with Crippen molar-refractivity contribution in [2.24, 2.45) is 0 Å². The van der Waals surface area contributed by atoms with Gasteiger partial charge in [0.1, 0.15) is 6.04 Å². The van der Waals surface area contributed by atoms with Gasteiger partial charge in [-0.05, 0) is 36.8 Å². The molecule has 0 spiro atoms. The van der Waals surface area contributed by atoms with Crippen LogP contribution in [0.15, 0.2) is 66.9 Å². The minimum Gasteiger partial charge on any atom is -0.356 e. The van der Waals surface area contributed by atoms with Crippen molar-refractivity contribution in [2.75, 3.05) is 13.1 Å². The van der Waals surface area contributed by atoms with E-state index < -0.39 is 0 Å². The summed E-state index contributed by atoms with van der Waals surface area (Å²) in [6.07, 6.45) is 5.51. The van der Waals surface area contributed by atoms with Gasteiger partial charge in [-0.15, -0.1) is 5.10 Å². The molecule has 2 aromatic carbocycles. The van der Waals surface area contributed by atoms with Crippen LogP contribution in [-0.2, 0) is 4.79 Å². The zero-order valence-electron chi connectivity index (χ0n) is 18.4. The van der Waals surface area contributed by atoms with E-state index in [0.717, 1.165) is 36.8 Å². The largest absolute Gasteiger partial charge is 0.356 e. The Morgan fingerprint density at radius 3 is 2.31 bits per heavy atom. The van der Waals surface area contributed by atoms with Gasteiger partial charge in [0.25, 0.3) is 5.91 Å². The Morgan fingerprint density at radius 1 is 1.03 bits per heavy atom. The second-order valence-electron chi connectivity index (χ2n) is 8.23. The van der Waals surface area contributed by atoms with E-state index in [1.807, 2.05) is 41.3 Å². The predicted molar refractivity (Wildman–Crippen MR) is 122 cm³/mol. The Balaban J connectivity index is 1.57. The molecule has 0 bridgehead atoms. The predicted octanol–water partition coefficient (Wildman–Crippen LogP) is 3.44. The fraction of sp³-hybridized carbons (Fsp3) is 0.360. The molecule has 1 N–H and O–H groups in total. The third-order valence-corrected chi connectivity index (χ3v) is 5.96. The van der Waals surface area contributed by atoms with Gasteiger partial charge in [-0.3, -0.25) is 9.59 Å². The van der Waals surface area contributed by atoms with Gasteiger partial charge in [-0.1, -0.05) is 65.9 Å². The molecule has 1 aliphatic heterocycles. The molecule has 2 heterocycles. The third kappa shape index (κ3) is 5.04. The van der Waals surface area contributed by atoms with Gasteiger partial charge >= 0.3 is 0 Å². The molecule has 0 unspecified atom stereocenters. The maximum absolute atomic E-state index is 13.3. The quantitative estimate of drug-likeness (QED) is 0.622. The maximum atomic E-state index is 13.3. The molecule has 4 rings (SSSR count). The van der Waals surface area contributed by atoms with E-state index in [2.05, 4.69) is 39.9 Å². The molecule has 166 valence electrons. The average Bonchev–Trinajstić information content (AvgIpc) is 3.30. The van der Waals surface area contributed by atoms with Gasteiger partial charge in [-0.2, -0.15) is 0 Å². The molecule has 0 saturated carbocycles. The number of benzene rings is 2. The Morgan fingerprint density at radius 2 is 1.69 bits per heavy atom. The first-order valence-corrected chi connectivity index (χ1v) is 11.2. The summed E-state index contributed by atoms with van der Waals surface area (Å²) >= 11 is 0. The summed E-state index contributed by atoms with van der Waals surface area (Å²) < 4.78 is 1.77. The van der Waals surface area contributed by atoms with Crippen LogP contribution in [0.4, 0.5) is 0 Å². The second kappa shape index (κ2) is 10.2. The molecule has 1 atom stereocenters. The first-order chi connectivity index (χ1) is 15.6. The van der Waals surface area contributed by atoms with Crippen LogP contribution in [0, 0.1) is 0 Å². The topological polar surface area (TPSA) is 80.1 Å². The standard InChI is InChI=1S/C25H29N5O2/c1-19(31)26-16-15-22-14-8-9-17-29(22)25(32)23-18-30(28-27-23)24(20-10-4-2-5-11-20)21-12-6-3-7-13-21/h2-7,10-13,18,22,24H,8-9,14-17H2,1H3,(H,26,31)/t22-/m0/s1. The van der Waals surface area contributed by atoms with E-state index in [-0.39, 0.29) is 23.9 Å². The second-order valence-corrected chi connectivity index (χ2v) is 8.23. The number of nitrogens with one attached hydrogen (secondary N) is 1. The van der Waals surface area contributed by atoms with Gasteiger partial charge in [-0.25, -0.2) is 4.68 Å². The SMILES string of the molecule is CC(=O)NCC[C@@H]1CCCCN1C(=O)c1cn(C(c2ccccc2)c2ccccc2)nn1. The van der Waals surface area contributed by atoms with E-state index >= 15 is 0 Å². The Hall–Kier alpha value is -3.48. The molecule has 0 aliphatic carbocycles. The van der Waals surface area contributed by atoms with Gasteiger partial charge in [0, 0.05) is 26.1 Å². The van der Waals surface area contributed by atoms with Crippen LogP contribution in [0.5, 0.6) is 0 Å². The number of hydrogen-bond acceptors (Lipinski definition) is 4. The molecule has 0 radical (unpaired) electrons. The van der Waals surface area contributed by atoms with Crippen LogP contribution in [0.25, 0.3) is 0 Å². The zero-order chi connectivity index (χ0) is 22.3. The Bertz CT molecular complexity index is 995. The van der Waals surface area contributed by atoms with Crippen molar-refractivity contribution >= 4 is 11.8 Å². The number of hydrogen-bond donors (Lipinski definition) is 1. The summed E-state index contributed by atoms with van der Waals surface area (Å²) in [7, 11) is 0. The Labute approximate surface area is 188 Å². The molecule has 1 aliphatic rings. The molecule has 32 heavy (non-hydrogen) atoms. The minimum atomic E-state index is -0.164. The van der Waals surface area contributed by atoms with Crippen LogP contribution in [0.1, 0.15) is 60.3 Å². The van der Waals surface area contributed by atoms with Crippen molar-refractivity contribution in [1.29, 1.82) is 0 Å².